The molecule has 4 rings (SSSR count). The van der Waals surface area contributed by atoms with Crippen LogP contribution in [-0.4, -0.2) is 18.4 Å². The Morgan fingerprint density at radius 3 is 2.60 bits per heavy atom. The molecule has 0 atom stereocenters. The minimum absolute atomic E-state index is 0.0954. The molecular weight excluding hydrogens is 429 g/mol. The number of aryl methyl sites for hydroxylation is 1. The maximum Gasteiger partial charge on any atom is 0.262 e. The molecule has 0 bridgehead atoms. The Hall–Kier alpha value is -3.23. The predicted molar refractivity (Wildman–Crippen MR) is 113 cm³/mol. The molecule has 0 unspecified atom stereocenters. The summed E-state index contributed by atoms with van der Waals surface area (Å²) < 4.78 is 46.7. The highest BCUT2D eigenvalue weighted by Crippen LogP contribution is 2.31. The lowest BCUT2D eigenvalue weighted by Gasteiger charge is -2.11. The van der Waals surface area contributed by atoms with Crippen LogP contribution >= 0.6 is 11.6 Å². The van der Waals surface area contributed by atoms with Gasteiger partial charge in [0.2, 0.25) is 5.88 Å². The van der Waals surface area contributed by atoms with Crippen LogP contribution in [0, 0.1) is 12.7 Å². The molecular formula is C21H15ClFN3O3S. The Bertz CT molecular complexity index is 1360. The molecule has 4 aromatic rings. The summed E-state index contributed by atoms with van der Waals surface area (Å²) in [7, 11) is -4.00. The van der Waals surface area contributed by atoms with Gasteiger partial charge in [0.1, 0.15) is 16.6 Å². The highest BCUT2D eigenvalue weighted by atomic mass is 35.5. The van der Waals surface area contributed by atoms with Gasteiger partial charge in [-0.05, 0) is 42.8 Å². The second kappa shape index (κ2) is 7.89. The van der Waals surface area contributed by atoms with E-state index in [0.717, 1.165) is 17.0 Å². The molecule has 6 nitrogen and oxygen atoms in total. The average Bonchev–Trinajstić information content (AvgIpc) is 2.71. The van der Waals surface area contributed by atoms with E-state index < -0.39 is 15.8 Å². The lowest BCUT2D eigenvalue weighted by atomic mass is 10.2. The number of ether oxygens (including phenoxy) is 1. The van der Waals surface area contributed by atoms with Crippen molar-refractivity contribution in [3.8, 4) is 11.6 Å². The van der Waals surface area contributed by atoms with Gasteiger partial charge in [-0.15, -0.1) is 0 Å². The summed E-state index contributed by atoms with van der Waals surface area (Å²) in [6.45, 7) is 1.55. The summed E-state index contributed by atoms with van der Waals surface area (Å²) in [6, 6.07) is 14.4. The van der Waals surface area contributed by atoms with Crippen molar-refractivity contribution in [1.29, 1.82) is 0 Å². The molecule has 2 aromatic carbocycles. The number of nitrogens with one attached hydrogen (secondary N) is 1. The topological polar surface area (TPSA) is 81.2 Å². The molecule has 0 fully saturated rings. The van der Waals surface area contributed by atoms with E-state index in [0.29, 0.717) is 11.3 Å². The van der Waals surface area contributed by atoms with Crippen molar-refractivity contribution in [3.05, 3.63) is 83.4 Å². The Morgan fingerprint density at radius 1 is 1.03 bits per heavy atom. The van der Waals surface area contributed by atoms with Gasteiger partial charge in [0.05, 0.1) is 28.5 Å². The Labute approximate surface area is 177 Å². The van der Waals surface area contributed by atoms with E-state index in [1.54, 1.807) is 19.2 Å². The molecule has 0 saturated heterocycles. The molecule has 1 N–H and O–H groups in total. The van der Waals surface area contributed by atoms with Crippen molar-refractivity contribution in [3.63, 3.8) is 0 Å². The number of sulfonamides is 1. The monoisotopic (exact) mass is 443 g/mol. The van der Waals surface area contributed by atoms with Gasteiger partial charge in [-0.3, -0.25) is 9.71 Å². The lowest BCUT2D eigenvalue weighted by Crippen LogP contribution is -2.13. The highest BCUT2D eigenvalue weighted by molar-refractivity contribution is 7.92. The van der Waals surface area contributed by atoms with Gasteiger partial charge in [-0.25, -0.2) is 17.8 Å². The molecule has 0 radical (unpaired) electrons. The van der Waals surface area contributed by atoms with Crippen molar-refractivity contribution in [1.82, 2.24) is 9.97 Å². The lowest BCUT2D eigenvalue weighted by molar-refractivity contribution is 0.462. The van der Waals surface area contributed by atoms with Crippen LogP contribution < -0.4 is 9.46 Å². The Morgan fingerprint density at radius 2 is 1.83 bits per heavy atom. The first kappa shape index (κ1) is 20.1. The fourth-order valence-corrected chi connectivity index (χ4v) is 3.98. The van der Waals surface area contributed by atoms with E-state index in [2.05, 4.69) is 14.7 Å². The van der Waals surface area contributed by atoms with E-state index in [9.17, 15) is 12.8 Å². The van der Waals surface area contributed by atoms with Crippen molar-refractivity contribution in [2.75, 3.05) is 4.72 Å². The van der Waals surface area contributed by atoms with Gasteiger partial charge in [-0.1, -0.05) is 35.9 Å². The van der Waals surface area contributed by atoms with Crippen molar-refractivity contribution < 1.29 is 17.5 Å². The predicted octanol–water partition coefficient (Wildman–Crippen LogP) is 5.32. The first-order valence-corrected chi connectivity index (χ1v) is 10.6. The molecule has 0 aliphatic carbocycles. The Balaban J connectivity index is 1.55. The van der Waals surface area contributed by atoms with Crippen LogP contribution in [-0.2, 0) is 10.0 Å². The van der Waals surface area contributed by atoms with Crippen LogP contribution in [0.4, 0.5) is 10.1 Å². The van der Waals surface area contributed by atoms with Gasteiger partial charge in [-0.2, -0.15) is 0 Å². The van der Waals surface area contributed by atoms with E-state index in [1.807, 2.05) is 24.3 Å². The zero-order chi connectivity index (χ0) is 21.3. The third-order valence-electron chi connectivity index (χ3n) is 4.29. The number of nitrogens with zero attached hydrogens (tertiary/aromatic N) is 2. The number of hydrogen-bond donors (Lipinski definition) is 1. The van der Waals surface area contributed by atoms with E-state index in [4.69, 9.17) is 16.3 Å². The van der Waals surface area contributed by atoms with E-state index in [-0.39, 0.29) is 21.5 Å². The van der Waals surface area contributed by atoms with Gasteiger partial charge in [0.15, 0.2) is 0 Å². The summed E-state index contributed by atoms with van der Waals surface area (Å²) in [4.78, 5) is 8.18. The number of halogens is 2. The third kappa shape index (κ3) is 4.19. The number of aromatic nitrogens is 2. The van der Waals surface area contributed by atoms with Crippen LogP contribution in [0.5, 0.6) is 11.6 Å². The number of benzene rings is 2. The van der Waals surface area contributed by atoms with E-state index >= 15 is 0 Å². The third-order valence-corrected chi connectivity index (χ3v) is 5.94. The summed E-state index contributed by atoms with van der Waals surface area (Å²) in [6.07, 6.45) is 2.81. The van der Waals surface area contributed by atoms with E-state index in [1.165, 1.54) is 24.4 Å². The largest absolute Gasteiger partial charge is 0.436 e. The van der Waals surface area contributed by atoms with Crippen LogP contribution in [0.15, 0.2) is 71.9 Å². The first-order chi connectivity index (χ1) is 14.3. The molecule has 0 saturated carbocycles. The van der Waals surface area contributed by atoms with Crippen LogP contribution in [0.1, 0.15) is 5.56 Å². The second-order valence-electron chi connectivity index (χ2n) is 6.49. The zero-order valence-electron chi connectivity index (χ0n) is 15.6. The van der Waals surface area contributed by atoms with Crippen LogP contribution in [0.3, 0.4) is 0 Å². The standard InChI is InChI=1S/C21H15ClFN3O3S/c1-13-6-7-17(10-19(13)23)30(27,28)26-15-9-18(22)21(25-11-15)29-16-8-14-4-2-3-5-20(14)24-12-16/h2-12,26H,1H3. The molecule has 0 aliphatic rings. The second-order valence-corrected chi connectivity index (χ2v) is 8.58. The maximum absolute atomic E-state index is 13.7. The first-order valence-electron chi connectivity index (χ1n) is 8.79. The number of hydrogen-bond acceptors (Lipinski definition) is 5. The van der Waals surface area contributed by atoms with Crippen molar-refractivity contribution in [2.24, 2.45) is 0 Å². The van der Waals surface area contributed by atoms with Crippen molar-refractivity contribution >= 4 is 38.2 Å². The normalized spacial score (nSPS) is 11.4. The number of para-hydroxylation sites is 1. The summed E-state index contributed by atoms with van der Waals surface area (Å²) >= 11 is 6.22. The molecule has 0 aliphatic heterocycles. The molecule has 0 spiro atoms. The smallest absolute Gasteiger partial charge is 0.262 e. The van der Waals surface area contributed by atoms with Crippen LogP contribution in [0.25, 0.3) is 10.9 Å². The minimum Gasteiger partial charge on any atom is -0.436 e. The number of rotatable bonds is 5. The zero-order valence-corrected chi connectivity index (χ0v) is 17.2. The van der Waals surface area contributed by atoms with Crippen molar-refractivity contribution in [2.45, 2.75) is 11.8 Å². The molecule has 2 aromatic heterocycles. The summed E-state index contributed by atoms with van der Waals surface area (Å²) in [5.74, 6) is -0.0774. The quantitative estimate of drug-likeness (QED) is 0.451. The van der Waals surface area contributed by atoms with Gasteiger partial charge in [0.25, 0.3) is 10.0 Å². The molecule has 152 valence electrons. The number of pyridine rings is 2. The average molecular weight is 444 g/mol. The molecule has 30 heavy (non-hydrogen) atoms. The number of anilines is 1. The van der Waals surface area contributed by atoms with Gasteiger partial charge in [0, 0.05) is 5.39 Å². The minimum atomic E-state index is -4.00. The fourth-order valence-electron chi connectivity index (χ4n) is 2.73. The molecule has 0 amide bonds. The summed E-state index contributed by atoms with van der Waals surface area (Å²) in [5, 5.41) is 0.985. The van der Waals surface area contributed by atoms with Gasteiger partial charge >= 0.3 is 0 Å². The SMILES string of the molecule is Cc1ccc(S(=O)(=O)Nc2cnc(Oc3cnc4ccccc4c3)c(Cl)c2)cc1F. The van der Waals surface area contributed by atoms with Crippen LogP contribution in [0.2, 0.25) is 5.02 Å². The Kier molecular flexibility index (Phi) is 5.27. The maximum atomic E-state index is 13.7. The molecule has 9 heteroatoms. The van der Waals surface area contributed by atoms with Gasteiger partial charge < -0.3 is 4.74 Å². The number of fused-ring (bicyclic) bond motifs is 1. The summed E-state index contributed by atoms with van der Waals surface area (Å²) in [5.41, 5.74) is 1.29. The fraction of sp³-hybridized carbons (Fsp3) is 0.0476. The highest BCUT2D eigenvalue weighted by Gasteiger charge is 2.17. The molecule has 2 heterocycles.